The van der Waals surface area contributed by atoms with Crippen molar-refractivity contribution in [3.63, 3.8) is 0 Å². The molecule has 1 heterocycles. The van der Waals surface area contributed by atoms with E-state index in [9.17, 15) is 9.59 Å². The standard InChI is InChI=1S/C17H16N2O2S/c1-11(2)14-10-13(16(18)21)17(22-14)19-15(20)9-8-12-6-4-3-5-7-12/h3-7,10-11H,1-2H3,(H2,18,21)(H,19,20). The molecule has 0 aliphatic heterocycles. The van der Waals surface area contributed by atoms with Gasteiger partial charge in [-0.25, -0.2) is 0 Å². The van der Waals surface area contributed by atoms with Gasteiger partial charge in [0.1, 0.15) is 5.00 Å². The minimum absolute atomic E-state index is 0.254. The molecule has 2 amide bonds. The highest BCUT2D eigenvalue weighted by Gasteiger charge is 2.16. The topological polar surface area (TPSA) is 72.2 Å². The summed E-state index contributed by atoms with van der Waals surface area (Å²) in [5.41, 5.74) is 6.42. The van der Waals surface area contributed by atoms with Crippen molar-refractivity contribution in [3.05, 3.63) is 52.4 Å². The van der Waals surface area contributed by atoms with E-state index in [-0.39, 0.29) is 5.92 Å². The van der Waals surface area contributed by atoms with Crippen LogP contribution < -0.4 is 11.1 Å². The highest BCUT2D eigenvalue weighted by atomic mass is 32.1. The summed E-state index contributed by atoms with van der Waals surface area (Å²) in [6, 6.07) is 10.9. The van der Waals surface area contributed by atoms with Crippen molar-refractivity contribution in [2.24, 2.45) is 5.73 Å². The molecule has 22 heavy (non-hydrogen) atoms. The highest BCUT2D eigenvalue weighted by Crippen LogP contribution is 2.32. The van der Waals surface area contributed by atoms with Gasteiger partial charge in [0.25, 0.3) is 5.91 Å². The summed E-state index contributed by atoms with van der Waals surface area (Å²) >= 11 is 1.35. The Labute approximate surface area is 133 Å². The molecule has 1 aromatic carbocycles. The number of anilines is 1. The van der Waals surface area contributed by atoms with E-state index >= 15 is 0 Å². The third kappa shape index (κ3) is 3.96. The predicted molar refractivity (Wildman–Crippen MR) is 88.9 cm³/mol. The zero-order valence-corrected chi connectivity index (χ0v) is 13.2. The number of primary amides is 1. The lowest BCUT2D eigenvalue weighted by atomic mass is 10.1. The first-order chi connectivity index (χ1) is 10.5. The van der Waals surface area contributed by atoms with Crippen LogP contribution >= 0.6 is 11.3 Å². The number of carbonyl (C=O) groups is 2. The van der Waals surface area contributed by atoms with Crippen molar-refractivity contribution in [3.8, 4) is 11.8 Å². The number of benzene rings is 1. The molecule has 0 unspecified atom stereocenters. The summed E-state index contributed by atoms with van der Waals surface area (Å²) in [5, 5.41) is 3.09. The molecule has 1 aromatic heterocycles. The van der Waals surface area contributed by atoms with Gasteiger partial charge in [0.15, 0.2) is 0 Å². The van der Waals surface area contributed by atoms with Crippen LogP contribution in [-0.2, 0) is 4.79 Å². The number of carbonyl (C=O) groups excluding carboxylic acids is 2. The molecule has 4 nitrogen and oxygen atoms in total. The van der Waals surface area contributed by atoms with Crippen molar-refractivity contribution in [2.75, 3.05) is 5.32 Å². The van der Waals surface area contributed by atoms with Gasteiger partial charge in [-0.05, 0) is 24.1 Å². The first-order valence-electron chi connectivity index (χ1n) is 6.79. The normalized spacial score (nSPS) is 9.95. The third-order valence-corrected chi connectivity index (χ3v) is 4.26. The predicted octanol–water partition coefficient (Wildman–Crippen LogP) is 2.96. The second-order valence-corrected chi connectivity index (χ2v) is 6.06. The number of nitrogens with one attached hydrogen (secondary N) is 1. The minimum Gasteiger partial charge on any atom is -0.366 e. The molecule has 112 valence electrons. The number of amides is 2. The average molecular weight is 312 g/mol. The van der Waals surface area contributed by atoms with Gasteiger partial charge in [0, 0.05) is 16.4 Å². The molecule has 0 atom stereocenters. The molecule has 0 spiro atoms. The Bertz CT molecular complexity index is 752. The third-order valence-electron chi connectivity index (χ3n) is 2.91. The molecule has 0 fully saturated rings. The monoisotopic (exact) mass is 312 g/mol. The quantitative estimate of drug-likeness (QED) is 0.855. The van der Waals surface area contributed by atoms with Gasteiger partial charge in [-0.15, -0.1) is 11.3 Å². The Morgan fingerprint density at radius 1 is 1.23 bits per heavy atom. The van der Waals surface area contributed by atoms with E-state index in [2.05, 4.69) is 17.2 Å². The van der Waals surface area contributed by atoms with Crippen LogP contribution in [0, 0.1) is 11.8 Å². The number of rotatable bonds is 3. The molecule has 0 aliphatic rings. The molecule has 2 rings (SSSR count). The Hall–Kier alpha value is -2.58. The Morgan fingerprint density at radius 3 is 2.50 bits per heavy atom. The van der Waals surface area contributed by atoms with E-state index in [1.54, 1.807) is 6.07 Å². The first kappa shape index (κ1) is 15.8. The second-order valence-electron chi connectivity index (χ2n) is 4.98. The van der Waals surface area contributed by atoms with E-state index < -0.39 is 11.8 Å². The van der Waals surface area contributed by atoms with E-state index in [1.807, 2.05) is 44.2 Å². The molecular formula is C17H16N2O2S. The van der Waals surface area contributed by atoms with E-state index in [0.717, 1.165) is 10.4 Å². The Balaban J connectivity index is 2.18. The number of thiophene rings is 1. The Morgan fingerprint density at radius 2 is 1.91 bits per heavy atom. The summed E-state index contributed by atoms with van der Waals surface area (Å²) in [4.78, 5) is 24.4. The van der Waals surface area contributed by atoms with Crippen molar-refractivity contribution in [1.29, 1.82) is 0 Å². The van der Waals surface area contributed by atoms with Crippen molar-refractivity contribution < 1.29 is 9.59 Å². The summed E-state index contributed by atoms with van der Waals surface area (Å²) in [6.45, 7) is 4.02. The zero-order valence-electron chi connectivity index (χ0n) is 12.3. The van der Waals surface area contributed by atoms with Crippen LogP contribution in [0.5, 0.6) is 0 Å². The lowest BCUT2D eigenvalue weighted by molar-refractivity contribution is -0.111. The molecule has 0 radical (unpaired) electrons. The van der Waals surface area contributed by atoms with Crippen LogP contribution in [0.25, 0.3) is 0 Å². The van der Waals surface area contributed by atoms with E-state index in [4.69, 9.17) is 5.73 Å². The fourth-order valence-corrected chi connectivity index (χ4v) is 2.82. The first-order valence-corrected chi connectivity index (χ1v) is 7.60. The van der Waals surface area contributed by atoms with Crippen LogP contribution in [0.2, 0.25) is 0 Å². The summed E-state index contributed by atoms with van der Waals surface area (Å²) in [6.07, 6.45) is 0. The number of hydrogen-bond acceptors (Lipinski definition) is 3. The van der Waals surface area contributed by atoms with Crippen molar-refractivity contribution >= 4 is 28.2 Å². The molecular weight excluding hydrogens is 296 g/mol. The summed E-state index contributed by atoms with van der Waals surface area (Å²) in [7, 11) is 0. The van der Waals surface area contributed by atoms with E-state index in [1.165, 1.54) is 11.3 Å². The molecule has 5 heteroatoms. The maximum atomic E-state index is 11.9. The summed E-state index contributed by atoms with van der Waals surface area (Å²) < 4.78 is 0. The second kappa shape index (κ2) is 6.92. The SMILES string of the molecule is CC(C)c1cc(C(N)=O)c(NC(=O)C#Cc2ccccc2)s1. The average Bonchev–Trinajstić information content (AvgIpc) is 2.90. The minimum atomic E-state index is -0.561. The zero-order chi connectivity index (χ0) is 16.1. The lowest BCUT2D eigenvalue weighted by Crippen LogP contribution is -2.15. The smallest absolute Gasteiger partial charge is 0.301 e. The van der Waals surface area contributed by atoms with Crippen molar-refractivity contribution in [1.82, 2.24) is 0 Å². The fourth-order valence-electron chi connectivity index (χ4n) is 1.76. The van der Waals surface area contributed by atoms with Gasteiger partial charge in [-0.3, -0.25) is 9.59 Å². The molecule has 2 aromatic rings. The van der Waals surface area contributed by atoms with Crippen LogP contribution in [0.15, 0.2) is 36.4 Å². The van der Waals surface area contributed by atoms with Crippen molar-refractivity contribution in [2.45, 2.75) is 19.8 Å². The van der Waals surface area contributed by atoms with E-state index in [0.29, 0.717) is 10.6 Å². The molecule has 0 saturated heterocycles. The molecule has 0 aliphatic carbocycles. The maximum Gasteiger partial charge on any atom is 0.301 e. The highest BCUT2D eigenvalue weighted by molar-refractivity contribution is 7.16. The van der Waals surface area contributed by atoms with Gasteiger partial charge >= 0.3 is 5.91 Å². The largest absolute Gasteiger partial charge is 0.366 e. The van der Waals surface area contributed by atoms with Gasteiger partial charge < -0.3 is 11.1 Å². The maximum absolute atomic E-state index is 11.9. The van der Waals surface area contributed by atoms with Crippen LogP contribution in [0.4, 0.5) is 5.00 Å². The lowest BCUT2D eigenvalue weighted by Gasteiger charge is -1.99. The molecule has 0 bridgehead atoms. The summed E-state index contributed by atoms with van der Waals surface area (Å²) in [5.74, 6) is 4.50. The number of nitrogens with two attached hydrogens (primary N) is 1. The molecule has 3 N–H and O–H groups in total. The Kier molecular flexibility index (Phi) is 4.97. The van der Waals surface area contributed by atoms with Gasteiger partial charge in [0.05, 0.1) is 5.56 Å². The molecule has 0 saturated carbocycles. The number of hydrogen-bond donors (Lipinski definition) is 2. The van der Waals surface area contributed by atoms with Gasteiger partial charge in [-0.1, -0.05) is 38.0 Å². The van der Waals surface area contributed by atoms with Crippen LogP contribution in [0.3, 0.4) is 0 Å². The van der Waals surface area contributed by atoms with Gasteiger partial charge in [0.2, 0.25) is 0 Å². The van der Waals surface area contributed by atoms with Crippen LogP contribution in [0.1, 0.15) is 40.6 Å². The fraction of sp³-hybridized carbons (Fsp3) is 0.176. The van der Waals surface area contributed by atoms with Crippen LogP contribution in [-0.4, -0.2) is 11.8 Å². The van der Waals surface area contributed by atoms with Gasteiger partial charge in [-0.2, -0.15) is 0 Å².